The minimum absolute atomic E-state index is 0.0234. The molecular weight excluding hydrogens is 467 g/mol. The van der Waals surface area contributed by atoms with Gasteiger partial charge in [-0.05, 0) is 18.1 Å². The van der Waals surface area contributed by atoms with Crippen LogP contribution in [0.3, 0.4) is 0 Å². The second-order valence-electron chi connectivity index (χ2n) is 8.57. The van der Waals surface area contributed by atoms with E-state index in [2.05, 4.69) is 15.8 Å². The minimum Gasteiger partial charge on any atom is -0.447 e. The van der Waals surface area contributed by atoms with Crippen LogP contribution in [0, 0.1) is 11.2 Å². The molecule has 13 nitrogen and oxygen atoms in total. The lowest BCUT2D eigenvalue weighted by molar-refractivity contribution is -0.139. The number of ether oxygens (including phenoxy) is 2. The zero-order valence-corrected chi connectivity index (χ0v) is 18.7. The number of carbonyl (C=O) groups excluding carboxylic acids is 4. The molecule has 3 aliphatic heterocycles. The molecule has 3 unspecified atom stereocenters. The van der Waals surface area contributed by atoms with Gasteiger partial charge in [-0.15, -0.1) is 0 Å². The lowest BCUT2D eigenvalue weighted by Gasteiger charge is -2.49. The number of hydrogen-bond acceptors (Lipinski definition) is 10. The fourth-order valence-corrected chi connectivity index (χ4v) is 5.00. The highest BCUT2D eigenvalue weighted by Gasteiger charge is 2.54. The van der Waals surface area contributed by atoms with Crippen molar-refractivity contribution in [1.82, 2.24) is 15.8 Å². The summed E-state index contributed by atoms with van der Waals surface area (Å²) in [5.41, 5.74) is 4.28. The Kier molecular flexibility index (Phi) is 5.56. The van der Waals surface area contributed by atoms with Crippen molar-refractivity contribution in [3.63, 3.8) is 0 Å². The van der Waals surface area contributed by atoms with Crippen LogP contribution >= 0.6 is 0 Å². The van der Waals surface area contributed by atoms with Gasteiger partial charge in [-0.2, -0.15) is 0 Å². The van der Waals surface area contributed by atoms with E-state index in [4.69, 9.17) is 19.7 Å². The summed E-state index contributed by atoms with van der Waals surface area (Å²) in [5.74, 6) is -1.56. The first kappa shape index (κ1) is 23.0. The Bertz CT molecular complexity index is 1230. The molecule has 0 aliphatic carbocycles. The van der Waals surface area contributed by atoms with E-state index < -0.39 is 41.3 Å². The van der Waals surface area contributed by atoms with Gasteiger partial charge in [0, 0.05) is 20.1 Å². The van der Waals surface area contributed by atoms with Gasteiger partial charge in [0.05, 0.1) is 36.4 Å². The summed E-state index contributed by atoms with van der Waals surface area (Å²) in [7, 11) is 1.33. The number of aldehydes is 1. The van der Waals surface area contributed by atoms with Crippen molar-refractivity contribution in [3.8, 4) is 0 Å². The number of amides is 4. The SMILES string of the molecule is CNC(=O)NC(=O)C1(C=O)Cc2cc3c(N4C(=O)OCC4CN)noc3c(F)c2N2CCOCC21. The van der Waals surface area contributed by atoms with E-state index >= 15 is 4.39 Å². The van der Waals surface area contributed by atoms with E-state index in [1.165, 1.54) is 18.0 Å². The van der Waals surface area contributed by atoms with Crippen LogP contribution in [-0.2, 0) is 25.5 Å². The predicted molar refractivity (Wildman–Crippen MR) is 117 cm³/mol. The number of hydrogen-bond donors (Lipinski definition) is 3. The van der Waals surface area contributed by atoms with Gasteiger partial charge in [0.2, 0.25) is 11.5 Å². The van der Waals surface area contributed by atoms with Crippen molar-refractivity contribution >= 4 is 46.8 Å². The molecule has 2 fully saturated rings. The highest BCUT2D eigenvalue weighted by atomic mass is 19.1. The standard InChI is InChI=1S/C21H23FN6O7/c1-24-19(31)25-18(30)21(9-29)5-10-4-12-16(14(22)15(10)27-2-3-33-8-13(21)27)35-26-17(12)28-11(6-23)7-34-20(28)32/h4,9,11,13H,2-3,5-8,23H2,1H3,(H2,24,25,30,31). The topological polar surface area (TPSA) is 169 Å². The van der Waals surface area contributed by atoms with E-state index in [1.807, 2.05) is 0 Å². The molecule has 1 aromatic carbocycles. The zero-order chi connectivity index (χ0) is 24.9. The van der Waals surface area contributed by atoms with Gasteiger partial charge in [-0.25, -0.2) is 14.0 Å². The maximum atomic E-state index is 15.9. The summed E-state index contributed by atoms with van der Waals surface area (Å²) < 4.78 is 31.8. The number of aromatic nitrogens is 1. The van der Waals surface area contributed by atoms with Gasteiger partial charge in [0.25, 0.3) is 0 Å². The van der Waals surface area contributed by atoms with E-state index in [0.29, 0.717) is 11.8 Å². The number of imide groups is 1. The Morgan fingerprint density at radius 3 is 2.91 bits per heavy atom. The highest BCUT2D eigenvalue weighted by molar-refractivity contribution is 6.07. The van der Waals surface area contributed by atoms with Crippen LogP contribution in [0.15, 0.2) is 10.6 Å². The number of nitrogens with one attached hydrogen (secondary N) is 2. The molecule has 4 amide bonds. The molecule has 0 bridgehead atoms. The predicted octanol–water partition coefficient (Wildman–Crippen LogP) is -0.347. The monoisotopic (exact) mass is 490 g/mol. The van der Waals surface area contributed by atoms with E-state index in [9.17, 15) is 19.2 Å². The maximum Gasteiger partial charge on any atom is 0.416 e. The Labute approximate surface area is 197 Å². The number of anilines is 2. The molecule has 0 radical (unpaired) electrons. The lowest BCUT2D eigenvalue weighted by atomic mass is 9.71. The molecule has 14 heteroatoms. The number of benzene rings is 1. The molecule has 2 saturated heterocycles. The fourth-order valence-electron chi connectivity index (χ4n) is 5.00. The number of morpholine rings is 1. The summed E-state index contributed by atoms with van der Waals surface area (Å²) in [5, 5.41) is 8.52. The summed E-state index contributed by atoms with van der Waals surface area (Å²) in [6, 6.07) is -0.634. The first-order chi connectivity index (χ1) is 16.9. The summed E-state index contributed by atoms with van der Waals surface area (Å²) in [6.07, 6.45) is -0.449. The van der Waals surface area contributed by atoms with Crippen molar-refractivity contribution in [2.75, 3.05) is 49.8 Å². The van der Waals surface area contributed by atoms with Crippen LogP contribution in [0.25, 0.3) is 11.0 Å². The molecule has 0 saturated carbocycles. The zero-order valence-electron chi connectivity index (χ0n) is 18.7. The quantitative estimate of drug-likeness (QED) is 0.380. The normalized spacial score (nSPS) is 25.6. The second kappa shape index (κ2) is 8.46. The van der Waals surface area contributed by atoms with Crippen LogP contribution < -0.4 is 26.2 Å². The molecule has 35 heavy (non-hydrogen) atoms. The largest absolute Gasteiger partial charge is 0.447 e. The number of carbonyl (C=O) groups is 4. The van der Waals surface area contributed by atoms with E-state index in [1.54, 1.807) is 4.90 Å². The number of rotatable bonds is 4. The molecule has 3 atom stereocenters. The van der Waals surface area contributed by atoms with Crippen LogP contribution in [-0.4, -0.2) is 81.5 Å². The Hall–Kier alpha value is -3.78. The van der Waals surface area contributed by atoms with Gasteiger partial charge in [0.15, 0.2) is 11.6 Å². The third-order valence-electron chi connectivity index (χ3n) is 6.78. The maximum absolute atomic E-state index is 15.9. The lowest BCUT2D eigenvalue weighted by Crippen LogP contribution is -2.65. The van der Waals surface area contributed by atoms with Crippen LogP contribution in [0.1, 0.15) is 5.56 Å². The molecule has 0 spiro atoms. The van der Waals surface area contributed by atoms with Gasteiger partial charge in [-0.3, -0.25) is 15.0 Å². The van der Waals surface area contributed by atoms with Gasteiger partial charge in [-0.1, -0.05) is 5.16 Å². The van der Waals surface area contributed by atoms with Crippen LogP contribution in [0.5, 0.6) is 0 Å². The van der Waals surface area contributed by atoms with Crippen LogP contribution in [0.4, 0.5) is 25.5 Å². The molecular formula is C21H23FN6O7. The third kappa shape index (κ3) is 3.31. The van der Waals surface area contributed by atoms with Crippen LogP contribution in [0.2, 0.25) is 0 Å². The summed E-state index contributed by atoms with van der Waals surface area (Å²) in [6.45, 7) is 0.518. The van der Waals surface area contributed by atoms with Crippen molar-refractivity contribution in [2.45, 2.75) is 18.5 Å². The highest BCUT2D eigenvalue weighted by Crippen LogP contribution is 2.46. The smallest absolute Gasteiger partial charge is 0.416 e. The number of nitrogens with two attached hydrogens (primary N) is 1. The summed E-state index contributed by atoms with van der Waals surface area (Å²) in [4.78, 5) is 52.6. The number of nitrogens with zero attached hydrogens (tertiary/aromatic N) is 3. The number of fused-ring (bicyclic) bond motifs is 4. The van der Waals surface area contributed by atoms with Gasteiger partial charge in [0.1, 0.15) is 18.3 Å². The molecule has 1 aromatic heterocycles. The molecule has 2 aromatic rings. The molecule has 5 rings (SSSR count). The minimum atomic E-state index is -1.75. The van der Waals surface area contributed by atoms with Crippen molar-refractivity contribution < 1.29 is 37.6 Å². The Morgan fingerprint density at radius 2 is 2.20 bits per heavy atom. The van der Waals surface area contributed by atoms with Crippen molar-refractivity contribution in [1.29, 1.82) is 0 Å². The Morgan fingerprint density at radius 1 is 1.40 bits per heavy atom. The van der Waals surface area contributed by atoms with Crippen molar-refractivity contribution in [2.24, 2.45) is 11.1 Å². The van der Waals surface area contributed by atoms with E-state index in [0.717, 1.165) is 0 Å². The molecule has 3 aliphatic rings. The first-order valence-electron chi connectivity index (χ1n) is 11.0. The average Bonchev–Trinajstić information content (AvgIpc) is 3.45. The van der Waals surface area contributed by atoms with E-state index in [-0.39, 0.29) is 61.8 Å². The first-order valence-corrected chi connectivity index (χ1v) is 11.0. The number of urea groups is 1. The molecule has 4 N–H and O–H groups in total. The number of cyclic esters (lactones) is 1. The third-order valence-corrected chi connectivity index (χ3v) is 6.78. The average molecular weight is 490 g/mol. The van der Waals surface area contributed by atoms with Gasteiger partial charge < -0.3 is 34.7 Å². The number of halogens is 1. The second-order valence-corrected chi connectivity index (χ2v) is 8.57. The van der Waals surface area contributed by atoms with Gasteiger partial charge >= 0.3 is 12.1 Å². The molecule has 186 valence electrons. The van der Waals surface area contributed by atoms with Crippen molar-refractivity contribution in [3.05, 3.63) is 17.4 Å². The summed E-state index contributed by atoms with van der Waals surface area (Å²) >= 11 is 0. The Balaban J connectivity index is 1.67. The molecule has 4 heterocycles. The fraction of sp³-hybridized carbons (Fsp3) is 0.476.